The van der Waals surface area contributed by atoms with Crippen molar-refractivity contribution in [3.8, 4) is 0 Å². The van der Waals surface area contributed by atoms with Gasteiger partial charge in [0.05, 0.1) is 18.5 Å². The third kappa shape index (κ3) is 3.47. The number of rotatable bonds is 4. The standard InChI is InChI=1S/C17H17F2N5O2/c18-8-17(9-26-7-15(21)24-17)12-5-11(2-3-13(12)19)23-16(25)14-4-1-10(20)6-22-14/h1-6H,7-9,20H2,(H2,21,24)(H,23,25). The number of nitrogens with one attached hydrogen (secondary N) is 1. The summed E-state index contributed by atoms with van der Waals surface area (Å²) in [5, 5.41) is 2.59. The summed E-state index contributed by atoms with van der Waals surface area (Å²) in [7, 11) is 0. The van der Waals surface area contributed by atoms with Crippen LogP contribution < -0.4 is 16.8 Å². The van der Waals surface area contributed by atoms with Crippen molar-refractivity contribution in [3.63, 3.8) is 0 Å². The van der Waals surface area contributed by atoms with Crippen molar-refractivity contribution in [1.29, 1.82) is 0 Å². The molecule has 136 valence electrons. The molecule has 9 heteroatoms. The van der Waals surface area contributed by atoms with Gasteiger partial charge in [-0.2, -0.15) is 0 Å². The summed E-state index contributed by atoms with van der Waals surface area (Å²) in [5.41, 5.74) is 10.3. The van der Waals surface area contributed by atoms with Crippen LogP contribution in [0.25, 0.3) is 0 Å². The fraction of sp³-hybridized carbons (Fsp3) is 0.235. The molecular weight excluding hydrogens is 344 g/mol. The van der Waals surface area contributed by atoms with Crippen LogP contribution in [0.4, 0.5) is 20.2 Å². The number of carbonyl (C=O) groups excluding carboxylic acids is 1. The second-order valence-electron chi connectivity index (χ2n) is 5.89. The van der Waals surface area contributed by atoms with Crippen LogP contribution in [-0.2, 0) is 10.3 Å². The average molecular weight is 361 g/mol. The van der Waals surface area contributed by atoms with E-state index in [0.29, 0.717) is 5.69 Å². The van der Waals surface area contributed by atoms with Gasteiger partial charge in [-0.25, -0.2) is 13.8 Å². The number of ether oxygens (including phenoxy) is 1. The average Bonchev–Trinajstić information content (AvgIpc) is 2.63. The zero-order valence-corrected chi connectivity index (χ0v) is 13.7. The van der Waals surface area contributed by atoms with Crippen LogP contribution in [0.2, 0.25) is 0 Å². The molecule has 2 heterocycles. The Morgan fingerprint density at radius 2 is 2.12 bits per heavy atom. The topological polar surface area (TPSA) is 116 Å². The van der Waals surface area contributed by atoms with Crippen molar-refractivity contribution < 1.29 is 18.3 Å². The number of nitrogen functional groups attached to an aromatic ring is 1. The number of aliphatic imine (C=N–C) groups is 1. The fourth-order valence-electron chi connectivity index (χ4n) is 2.64. The first kappa shape index (κ1) is 17.7. The lowest BCUT2D eigenvalue weighted by Crippen LogP contribution is -2.42. The van der Waals surface area contributed by atoms with E-state index in [2.05, 4.69) is 15.3 Å². The number of hydrogen-bond donors (Lipinski definition) is 3. The molecule has 1 aromatic carbocycles. The molecule has 1 aliphatic rings. The van der Waals surface area contributed by atoms with Gasteiger partial charge in [-0.1, -0.05) is 0 Å². The van der Waals surface area contributed by atoms with E-state index in [4.69, 9.17) is 16.2 Å². The van der Waals surface area contributed by atoms with Crippen LogP contribution in [0, 0.1) is 5.82 Å². The zero-order chi connectivity index (χ0) is 18.7. The summed E-state index contributed by atoms with van der Waals surface area (Å²) in [6, 6.07) is 6.79. The maximum Gasteiger partial charge on any atom is 0.274 e. The van der Waals surface area contributed by atoms with E-state index in [1.807, 2.05) is 0 Å². The molecule has 1 aliphatic heterocycles. The minimum atomic E-state index is -1.58. The van der Waals surface area contributed by atoms with Crippen LogP contribution >= 0.6 is 0 Å². The number of aromatic nitrogens is 1. The van der Waals surface area contributed by atoms with Crippen molar-refractivity contribution in [2.24, 2.45) is 10.7 Å². The highest BCUT2D eigenvalue weighted by Crippen LogP contribution is 2.33. The summed E-state index contributed by atoms with van der Waals surface area (Å²) in [6.07, 6.45) is 1.35. The SMILES string of the molecule is NC1=NC(CF)(c2cc(NC(=O)c3ccc(N)cn3)ccc2F)COC1. The second-order valence-corrected chi connectivity index (χ2v) is 5.89. The minimum Gasteiger partial charge on any atom is -0.397 e. The molecular formula is C17H17F2N5O2. The van der Waals surface area contributed by atoms with E-state index in [9.17, 15) is 13.6 Å². The van der Waals surface area contributed by atoms with E-state index in [1.165, 1.54) is 30.5 Å². The molecule has 2 aromatic rings. The number of halogens is 2. The quantitative estimate of drug-likeness (QED) is 0.765. The van der Waals surface area contributed by atoms with Gasteiger partial charge in [-0.05, 0) is 30.3 Å². The van der Waals surface area contributed by atoms with Crippen LogP contribution in [-0.4, -0.2) is 36.6 Å². The molecule has 0 radical (unpaired) electrons. The van der Waals surface area contributed by atoms with Gasteiger partial charge >= 0.3 is 0 Å². The first-order valence-corrected chi connectivity index (χ1v) is 7.74. The second kappa shape index (κ2) is 7.04. The molecule has 1 aromatic heterocycles. The Morgan fingerprint density at radius 1 is 1.31 bits per heavy atom. The summed E-state index contributed by atoms with van der Waals surface area (Å²) in [4.78, 5) is 20.2. The van der Waals surface area contributed by atoms with E-state index >= 15 is 0 Å². The van der Waals surface area contributed by atoms with Gasteiger partial charge in [0.1, 0.15) is 36.2 Å². The zero-order valence-electron chi connectivity index (χ0n) is 13.7. The van der Waals surface area contributed by atoms with Gasteiger partial charge in [0.25, 0.3) is 5.91 Å². The number of hydrogen-bond acceptors (Lipinski definition) is 6. The maximum atomic E-state index is 14.3. The van der Waals surface area contributed by atoms with Crippen molar-refractivity contribution in [2.45, 2.75) is 5.54 Å². The number of amides is 1. The molecule has 0 bridgehead atoms. The normalized spacial score (nSPS) is 19.7. The highest BCUT2D eigenvalue weighted by molar-refractivity contribution is 6.03. The van der Waals surface area contributed by atoms with Crippen LogP contribution in [0.3, 0.4) is 0 Å². The lowest BCUT2D eigenvalue weighted by Gasteiger charge is -2.31. The van der Waals surface area contributed by atoms with E-state index in [-0.39, 0.29) is 36.0 Å². The molecule has 0 aliphatic carbocycles. The summed E-state index contributed by atoms with van der Waals surface area (Å²) >= 11 is 0. The van der Waals surface area contributed by atoms with Crippen molar-refractivity contribution in [2.75, 3.05) is 30.9 Å². The summed E-state index contributed by atoms with van der Waals surface area (Å²) < 4.78 is 33.3. The van der Waals surface area contributed by atoms with Gasteiger partial charge in [0, 0.05) is 11.3 Å². The smallest absolute Gasteiger partial charge is 0.274 e. The molecule has 0 spiro atoms. The summed E-state index contributed by atoms with van der Waals surface area (Å²) in [6.45, 7) is -1.10. The maximum absolute atomic E-state index is 14.3. The van der Waals surface area contributed by atoms with Crippen LogP contribution in [0.1, 0.15) is 16.1 Å². The number of benzene rings is 1. The van der Waals surface area contributed by atoms with Gasteiger partial charge in [-0.15, -0.1) is 0 Å². The highest BCUT2D eigenvalue weighted by Gasteiger charge is 2.38. The predicted octanol–water partition coefficient (Wildman–Crippen LogP) is 1.61. The number of pyridine rings is 1. The number of anilines is 2. The van der Waals surface area contributed by atoms with E-state index in [1.54, 1.807) is 0 Å². The summed E-state index contributed by atoms with van der Waals surface area (Å²) in [5.74, 6) is -1.11. The highest BCUT2D eigenvalue weighted by atomic mass is 19.1. The number of amidine groups is 1. The molecule has 1 atom stereocenters. The van der Waals surface area contributed by atoms with Crippen molar-refractivity contribution >= 4 is 23.1 Å². The van der Waals surface area contributed by atoms with Crippen molar-refractivity contribution in [1.82, 2.24) is 4.98 Å². The Bertz CT molecular complexity index is 857. The molecule has 0 fully saturated rings. The molecule has 1 amide bonds. The number of carbonyl (C=O) groups is 1. The Hall–Kier alpha value is -3.07. The lowest BCUT2D eigenvalue weighted by atomic mass is 9.91. The van der Waals surface area contributed by atoms with Crippen LogP contribution in [0.5, 0.6) is 0 Å². The Morgan fingerprint density at radius 3 is 2.77 bits per heavy atom. The molecule has 5 N–H and O–H groups in total. The largest absolute Gasteiger partial charge is 0.397 e. The first-order valence-electron chi connectivity index (χ1n) is 7.74. The number of nitrogens with zero attached hydrogens (tertiary/aromatic N) is 2. The number of alkyl halides is 1. The Labute approximate surface area is 148 Å². The molecule has 26 heavy (non-hydrogen) atoms. The van der Waals surface area contributed by atoms with E-state index in [0.717, 1.165) is 6.07 Å². The first-order chi connectivity index (χ1) is 12.4. The Balaban J connectivity index is 1.91. The molecule has 3 rings (SSSR count). The fourth-order valence-corrected chi connectivity index (χ4v) is 2.64. The van der Waals surface area contributed by atoms with E-state index < -0.39 is 23.9 Å². The van der Waals surface area contributed by atoms with Gasteiger partial charge in [-0.3, -0.25) is 9.79 Å². The van der Waals surface area contributed by atoms with Crippen molar-refractivity contribution in [3.05, 3.63) is 53.6 Å². The van der Waals surface area contributed by atoms with Crippen LogP contribution in [0.15, 0.2) is 41.5 Å². The molecule has 7 nitrogen and oxygen atoms in total. The molecule has 0 saturated heterocycles. The molecule has 1 unspecified atom stereocenters. The van der Waals surface area contributed by atoms with Gasteiger partial charge in [0.2, 0.25) is 0 Å². The predicted molar refractivity (Wildman–Crippen MR) is 93.1 cm³/mol. The number of nitrogens with two attached hydrogens (primary N) is 2. The monoisotopic (exact) mass is 361 g/mol. The lowest BCUT2D eigenvalue weighted by molar-refractivity contribution is 0.0809. The van der Waals surface area contributed by atoms with Gasteiger partial charge in [0.15, 0.2) is 0 Å². The third-order valence-electron chi connectivity index (χ3n) is 3.91. The Kier molecular flexibility index (Phi) is 4.81. The van der Waals surface area contributed by atoms with Gasteiger partial charge < -0.3 is 21.5 Å². The molecule has 0 saturated carbocycles. The third-order valence-corrected chi connectivity index (χ3v) is 3.91. The minimum absolute atomic E-state index is 0.0503.